The number of rotatable bonds is 6. The highest BCUT2D eigenvalue weighted by Gasteiger charge is 2.36. The molecular weight excluding hydrogens is 282 g/mol. The van der Waals surface area contributed by atoms with Crippen LogP contribution in [0.25, 0.3) is 0 Å². The zero-order valence-electron chi connectivity index (χ0n) is 12.1. The number of nitrogens with one attached hydrogen (secondary N) is 1. The zero-order chi connectivity index (χ0) is 16.0. The quantitative estimate of drug-likeness (QED) is 0.539. The maximum atomic E-state index is 12.3. The third kappa shape index (κ3) is 4.87. The predicted molar refractivity (Wildman–Crippen MR) is 71.7 cm³/mol. The highest BCUT2D eigenvalue weighted by atomic mass is 16.5. The molecule has 9 nitrogen and oxygen atoms in total. The maximum absolute atomic E-state index is 12.3. The van der Waals surface area contributed by atoms with Gasteiger partial charge in [-0.3, -0.25) is 9.59 Å². The molecule has 0 aromatic rings. The Morgan fingerprint density at radius 3 is 2.81 bits per heavy atom. The van der Waals surface area contributed by atoms with E-state index >= 15 is 0 Å². The molecule has 1 heterocycles. The van der Waals surface area contributed by atoms with Crippen LogP contribution in [0.1, 0.15) is 6.42 Å². The van der Waals surface area contributed by atoms with Crippen LogP contribution in [0.2, 0.25) is 0 Å². The van der Waals surface area contributed by atoms with Gasteiger partial charge in [0.2, 0.25) is 5.91 Å². The van der Waals surface area contributed by atoms with E-state index in [1.807, 2.05) is 0 Å². The fourth-order valence-corrected chi connectivity index (χ4v) is 2.17. The number of carbonyl (C=O) groups excluding carboxylic acids is 2. The first kappa shape index (κ1) is 17.2. The molecule has 0 bridgehead atoms. The summed E-state index contributed by atoms with van der Waals surface area (Å²) in [5.41, 5.74) is 0. The Labute approximate surface area is 122 Å². The number of carboxylic acids is 1. The number of urea groups is 1. The van der Waals surface area contributed by atoms with Gasteiger partial charge in [0.1, 0.15) is 6.04 Å². The van der Waals surface area contributed by atoms with Gasteiger partial charge in [0, 0.05) is 27.2 Å². The molecule has 0 spiro atoms. The summed E-state index contributed by atoms with van der Waals surface area (Å²) in [6.07, 6.45) is -1.30. The summed E-state index contributed by atoms with van der Waals surface area (Å²) in [7, 11) is 2.91. The highest BCUT2D eigenvalue weighted by molar-refractivity contribution is 5.91. The summed E-state index contributed by atoms with van der Waals surface area (Å²) in [4.78, 5) is 37.3. The Kier molecular flexibility index (Phi) is 6.38. The van der Waals surface area contributed by atoms with Crippen molar-refractivity contribution in [1.82, 2.24) is 15.1 Å². The number of methoxy groups -OCH3 is 1. The number of carbonyl (C=O) groups is 3. The van der Waals surface area contributed by atoms with Gasteiger partial charge in [-0.1, -0.05) is 0 Å². The molecule has 1 aliphatic heterocycles. The van der Waals surface area contributed by atoms with Gasteiger partial charge < -0.3 is 30.1 Å². The minimum Gasteiger partial charge on any atom is -0.481 e. The van der Waals surface area contributed by atoms with Crippen LogP contribution in [-0.4, -0.2) is 90.5 Å². The van der Waals surface area contributed by atoms with Crippen molar-refractivity contribution in [3.8, 4) is 0 Å². The van der Waals surface area contributed by atoms with Gasteiger partial charge in [0.25, 0.3) is 0 Å². The van der Waals surface area contributed by atoms with Crippen LogP contribution in [0.3, 0.4) is 0 Å². The van der Waals surface area contributed by atoms with Crippen molar-refractivity contribution in [2.75, 3.05) is 40.4 Å². The van der Waals surface area contributed by atoms with Gasteiger partial charge >= 0.3 is 12.0 Å². The number of nitrogens with zero attached hydrogens (tertiary/aromatic N) is 2. The lowest BCUT2D eigenvalue weighted by molar-refractivity contribution is -0.142. The van der Waals surface area contributed by atoms with Crippen LogP contribution in [0.4, 0.5) is 4.79 Å². The molecule has 0 aliphatic carbocycles. The molecule has 0 saturated carbocycles. The second-order valence-electron chi connectivity index (χ2n) is 4.87. The second kappa shape index (κ2) is 7.79. The standard InChI is InChI=1S/C12H21N3O6/c1-14(6-8(16)7-21-2)12(20)15-4-3-13-11(19)9(15)5-10(17)18/h8-9,16H,3-7H2,1-2H3,(H,13,19)(H,17,18). The van der Waals surface area contributed by atoms with Crippen molar-refractivity contribution >= 4 is 17.9 Å². The lowest BCUT2D eigenvalue weighted by atomic mass is 10.1. The molecule has 2 atom stereocenters. The number of hydrogen-bond acceptors (Lipinski definition) is 5. The molecule has 120 valence electrons. The number of aliphatic hydroxyl groups is 1. The zero-order valence-corrected chi connectivity index (χ0v) is 12.1. The van der Waals surface area contributed by atoms with Gasteiger partial charge in [-0.05, 0) is 0 Å². The molecule has 0 aromatic heterocycles. The second-order valence-corrected chi connectivity index (χ2v) is 4.87. The van der Waals surface area contributed by atoms with E-state index in [4.69, 9.17) is 9.84 Å². The summed E-state index contributed by atoms with van der Waals surface area (Å²) >= 11 is 0. The molecule has 1 aliphatic rings. The van der Waals surface area contributed by atoms with E-state index in [9.17, 15) is 19.5 Å². The van der Waals surface area contributed by atoms with Crippen molar-refractivity contribution in [3.63, 3.8) is 0 Å². The molecule has 21 heavy (non-hydrogen) atoms. The average Bonchev–Trinajstić information content (AvgIpc) is 2.40. The van der Waals surface area contributed by atoms with Crippen molar-refractivity contribution in [3.05, 3.63) is 0 Å². The molecule has 0 aromatic carbocycles. The van der Waals surface area contributed by atoms with E-state index in [1.54, 1.807) is 0 Å². The summed E-state index contributed by atoms with van der Waals surface area (Å²) in [6.45, 7) is 0.615. The Hall–Kier alpha value is -1.87. The molecular formula is C12H21N3O6. The topological polar surface area (TPSA) is 119 Å². The fourth-order valence-electron chi connectivity index (χ4n) is 2.17. The van der Waals surface area contributed by atoms with Crippen molar-refractivity contribution in [1.29, 1.82) is 0 Å². The molecule has 0 radical (unpaired) electrons. The number of likely N-dealkylation sites (N-methyl/N-ethyl adjacent to an activating group) is 1. The minimum atomic E-state index is -1.16. The monoisotopic (exact) mass is 303 g/mol. The smallest absolute Gasteiger partial charge is 0.320 e. The molecule has 1 fully saturated rings. The lowest BCUT2D eigenvalue weighted by Gasteiger charge is -2.37. The van der Waals surface area contributed by atoms with Crippen LogP contribution in [0, 0.1) is 0 Å². The predicted octanol–water partition coefficient (Wildman–Crippen LogP) is -1.68. The minimum absolute atomic E-state index is 0.0323. The molecule has 2 unspecified atom stereocenters. The van der Waals surface area contributed by atoms with Gasteiger partial charge in [-0.2, -0.15) is 0 Å². The van der Waals surface area contributed by atoms with Crippen LogP contribution in [-0.2, 0) is 14.3 Å². The summed E-state index contributed by atoms with van der Waals surface area (Å²) < 4.78 is 4.78. The Morgan fingerprint density at radius 1 is 1.57 bits per heavy atom. The van der Waals surface area contributed by atoms with Crippen molar-refractivity contribution < 1.29 is 29.3 Å². The lowest BCUT2D eigenvalue weighted by Crippen LogP contribution is -2.60. The summed E-state index contributed by atoms with van der Waals surface area (Å²) in [5, 5.41) is 21.0. The number of aliphatic hydroxyl groups excluding tert-OH is 1. The third-order valence-electron chi connectivity index (χ3n) is 3.11. The van der Waals surface area contributed by atoms with Gasteiger partial charge in [0.05, 0.1) is 25.7 Å². The SMILES string of the molecule is COCC(O)CN(C)C(=O)N1CCNC(=O)C1CC(=O)O. The van der Waals surface area contributed by atoms with Gasteiger partial charge in [-0.25, -0.2) is 4.79 Å². The Balaban J connectivity index is 2.72. The number of amides is 3. The van der Waals surface area contributed by atoms with Gasteiger partial charge in [-0.15, -0.1) is 0 Å². The first-order chi connectivity index (χ1) is 9.86. The van der Waals surface area contributed by atoms with E-state index in [0.717, 1.165) is 0 Å². The Bertz CT molecular complexity index is 402. The normalized spacial score (nSPS) is 19.9. The first-order valence-corrected chi connectivity index (χ1v) is 6.55. The van der Waals surface area contributed by atoms with Crippen molar-refractivity contribution in [2.45, 2.75) is 18.6 Å². The molecule has 3 N–H and O–H groups in total. The third-order valence-corrected chi connectivity index (χ3v) is 3.11. The average molecular weight is 303 g/mol. The van der Waals surface area contributed by atoms with Gasteiger partial charge in [0.15, 0.2) is 0 Å². The van der Waals surface area contributed by atoms with Crippen LogP contribution < -0.4 is 5.32 Å². The maximum Gasteiger partial charge on any atom is 0.320 e. The largest absolute Gasteiger partial charge is 0.481 e. The van der Waals surface area contributed by atoms with Crippen LogP contribution in [0.5, 0.6) is 0 Å². The van der Waals surface area contributed by atoms with E-state index < -0.39 is 36.5 Å². The van der Waals surface area contributed by atoms with Crippen LogP contribution in [0.15, 0.2) is 0 Å². The number of hydrogen-bond donors (Lipinski definition) is 3. The molecule has 3 amide bonds. The highest BCUT2D eigenvalue weighted by Crippen LogP contribution is 2.12. The van der Waals surface area contributed by atoms with Crippen LogP contribution >= 0.6 is 0 Å². The number of piperazine rings is 1. The summed E-state index contributed by atoms with van der Waals surface area (Å²) in [5.74, 6) is -1.64. The summed E-state index contributed by atoms with van der Waals surface area (Å²) in [6, 6.07) is -1.53. The fraction of sp³-hybridized carbons (Fsp3) is 0.750. The molecule has 9 heteroatoms. The number of ether oxygens (including phenoxy) is 1. The van der Waals surface area contributed by atoms with Crippen molar-refractivity contribution in [2.24, 2.45) is 0 Å². The number of carboxylic acid groups (broad SMARTS) is 1. The Morgan fingerprint density at radius 2 is 2.24 bits per heavy atom. The number of aliphatic carboxylic acids is 1. The van der Waals surface area contributed by atoms with E-state index in [2.05, 4.69) is 5.32 Å². The molecule has 1 saturated heterocycles. The first-order valence-electron chi connectivity index (χ1n) is 6.55. The van der Waals surface area contributed by atoms with E-state index in [-0.39, 0.29) is 26.2 Å². The van der Waals surface area contributed by atoms with E-state index in [1.165, 1.54) is 24.0 Å². The molecule has 1 rings (SSSR count). The van der Waals surface area contributed by atoms with E-state index in [0.29, 0.717) is 0 Å².